The summed E-state index contributed by atoms with van der Waals surface area (Å²) in [6.45, 7) is 1.56. The topological polar surface area (TPSA) is 50.9 Å². The lowest BCUT2D eigenvalue weighted by atomic mass is 9.95. The molecule has 0 aromatic heterocycles. The van der Waals surface area contributed by atoms with Gasteiger partial charge in [0.25, 0.3) is 0 Å². The van der Waals surface area contributed by atoms with E-state index < -0.39 is 0 Å². The van der Waals surface area contributed by atoms with Gasteiger partial charge >= 0.3 is 0 Å². The zero-order valence-electron chi connectivity index (χ0n) is 13.6. The fourth-order valence-corrected chi connectivity index (χ4v) is 3.25. The largest absolute Gasteiger partial charge is 0.497 e. The Morgan fingerprint density at radius 3 is 2.17 bits per heavy atom. The van der Waals surface area contributed by atoms with Crippen molar-refractivity contribution in [2.75, 3.05) is 7.11 Å². The fraction of sp³-hybridized carbons (Fsp3) is 0.150. The van der Waals surface area contributed by atoms with E-state index in [1.807, 2.05) is 24.3 Å². The Morgan fingerprint density at radius 1 is 0.958 bits per heavy atom. The average Bonchev–Trinajstić information content (AvgIpc) is 2.63. The minimum atomic E-state index is 0.534. The van der Waals surface area contributed by atoms with Crippen LogP contribution in [0.1, 0.15) is 11.1 Å². The van der Waals surface area contributed by atoms with Gasteiger partial charge in [-0.3, -0.25) is 0 Å². The molecular formula is C20H19N3O. The Labute approximate surface area is 141 Å². The van der Waals surface area contributed by atoms with Crippen molar-refractivity contribution >= 4 is 22.4 Å². The number of nitrogens with two attached hydrogens (primary N) is 1. The highest BCUT2D eigenvalue weighted by molar-refractivity contribution is 5.91. The van der Waals surface area contributed by atoms with Gasteiger partial charge in [0.05, 0.1) is 12.8 Å². The Morgan fingerprint density at radius 2 is 1.58 bits per heavy atom. The smallest absolute Gasteiger partial charge is 0.197 e. The third-order valence-corrected chi connectivity index (χ3v) is 4.44. The molecule has 3 aromatic rings. The van der Waals surface area contributed by atoms with Crippen LogP contribution in [-0.2, 0) is 13.1 Å². The lowest BCUT2D eigenvalue weighted by molar-refractivity contribution is 0.396. The van der Waals surface area contributed by atoms with E-state index >= 15 is 0 Å². The molecule has 4 rings (SSSR count). The first-order valence-corrected chi connectivity index (χ1v) is 7.97. The number of guanidine groups is 1. The number of methoxy groups -OCH3 is 1. The van der Waals surface area contributed by atoms with E-state index in [1.165, 1.54) is 21.9 Å². The van der Waals surface area contributed by atoms with E-state index in [1.54, 1.807) is 7.11 Å². The first-order valence-electron chi connectivity index (χ1n) is 7.97. The van der Waals surface area contributed by atoms with Crippen molar-refractivity contribution in [3.05, 3.63) is 71.8 Å². The van der Waals surface area contributed by atoms with E-state index in [2.05, 4.69) is 46.3 Å². The van der Waals surface area contributed by atoms with E-state index in [0.717, 1.165) is 24.5 Å². The zero-order valence-corrected chi connectivity index (χ0v) is 13.6. The highest BCUT2D eigenvalue weighted by Crippen LogP contribution is 2.30. The van der Waals surface area contributed by atoms with Gasteiger partial charge in [0.2, 0.25) is 0 Å². The number of benzene rings is 3. The van der Waals surface area contributed by atoms with E-state index in [9.17, 15) is 0 Å². The molecule has 0 fully saturated rings. The summed E-state index contributed by atoms with van der Waals surface area (Å²) in [6.07, 6.45) is 0. The number of hydrogen-bond acceptors (Lipinski definition) is 2. The highest BCUT2D eigenvalue weighted by Gasteiger charge is 2.19. The van der Waals surface area contributed by atoms with Crippen molar-refractivity contribution in [1.82, 2.24) is 4.90 Å². The molecule has 4 heteroatoms. The molecule has 120 valence electrons. The Balaban J connectivity index is 1.64. The minimum Gasteiger partial charge on any atom is -0.497 e. The van der Waals surface area contributed by atoms with Crippen LogP contribution in [0.15, 0.2) is 65.7 Å². The lowest BCUT2D eigenvalue weighted by Crippen LogP contribution is -2.38. The summed E-state index contributed by atoms with van der Waals surface area (Å²) in [7, 11) is 1.65. The molecule has 2 N–H and O–H groups in total. The van der Waals surface area contributed by atoms with Gasteiger partial charge < -0.3 is 15.4 Å². The molecule has 0 amide bonds. The van der Waals surface area contributed by atoms with Crippen molar-refractivity contribution < 1.29 is 4.74 Å². The second kappa shape index (κ2) is 5.89. The summed E-state index contributed by atoms with van der Waals surface area (Å²) in [5.74, 6) is 1.35. The molecule has 0 radical (unpaired) electrons. The maximum absolute atomic E-state index is 6.28. The normalized spacial score (nSPS) is 14.0. The maximum Gasteiger partial charge on any atom is 0.197 e. The van der Waals surface area contributed by atoms with E-state index in [4.69, 9.17) is 10.5 Å². The Hall–Kier alpha value is -3.01. The van der Waals surface area contributed by atoms with Gasteiger partial charge in [-0.25, -0.2) is 4.99 Å². The first-order chi connectivity index (χ1) is 11.7. The van der Waals surface area contributed by atoms with Crippen LogP contribution in [0, 0.1) is 0 Å². The number of hydrogen-bond donors (Lipinski definition) is 1. The van der Waals surface area contributed by atoms with Crippen LogP contribution in [0.3, 0.4) is 0 Å². The van der Waals surface area contributed by atoms with Gasteiger partial charge in [-0.1, -0.05) is 36.4 Å². The van der Waals surface area contributed by atoms with Crippen molar-refractivity contribution in [1.29, 1.82) is 0 Å². The number of rotatable bonds is 2. The van der Waals surface area contributed by atoms with Crippen LogP contribution in [0.4, 0.5) is 5.69 Å². The number of ether oxygens (including phenoxy) is 1. The Kier molecular flexibility index (Phi) is 3.58. The molecule has 0 atom stereocenters. The highest BCUT2D eigenvalue weighted by atomic mass is 16.5. The summed E-state index contributed by atoms with van der Waals surface area (Å²) in [4.78, 5) is 6.67. The van der Waals surface area contributed by atoms with Crippen molar-refractivity contribution in [2.45, 2.75) is 13.1 Å². The minimum absolute atomic E-state index is 0.534. The molecule has 1 aliphatic rings. The van der Waals surface area contributed by atoms with Crippen LogP contribution in [-0.4, -0.2) is 18.0 Å². The third kappa shape index (κ3) is 2.56. The quantitative estimate of drug-likeness (QED) is 0.577. The molecule has 24 heavy (non-hydrogen) atoms. The second-order valence-corrected chi connectivity index (χ2v) is 5.96. The standard InChI is InChI=1S/C20H19N3O/c1-24-18-10-8-17(9-11-18)22-20(21)23-12-15-6-2-4-14-5-3-7-16(13-23)19(14)15/h2-11H,12-13H2,1H3,(H2,21,22). The second-order valence-electron chi connectivity index (χ2n) is 5.96. The fourth-order valence-electron chi connectivity index (χ4n) is 3.25. The van der Waals surface area contributed by atoms with Crippen LogP contribution < -0.4 is 10.5 Å². The SMILES string of the molecule is COc1ccc(N=C(N)N2Cc3cccc4cccc(c34)C2)cc1. The van der Waals surface area contributed by atoms with Crippen LogP contribution in [0.5, 0.6) is 5.75 Å². The predicted octanol–water partition coefficient (Wildman–Crippen LogP) is 3.81. The molecule has 3 aromatic carbocycles. The van der Waals surface area contributed by atoms with Crippen LogP contribution in [0.2, 0.25) is 0 Å². The van der Waals surface area contributed by atoms with Crippen molar-refractivity contribution in [3.63, 3.8) is 0 Å². The molecule has 1 heterocycles. The number of nitrogens with zero attached hydrogens (tertiary/aromatic N) is 2. The monoisotopic (exact) mass is 317 g/mol. The number of aliphatic imine (C=N–C) groups is 1. The van der Waals surface area contributed by atoms with E-state index in [0.29, 0.717) is 5.96 Å². The molecule has 4 nitrogen and oxygen atoms in total. The molecular weight excluding hydrogens is 298 g/mol. The summed E-state index contributed by atoms with van der Waals surface area (Å²) < 4.78 is 5.17. The van der Waals surface area contributed by atoms with Crippen molar-refractivity contribution in [2.24, 2.45) is 10.7 Å². The molecule has 0 saturated heterocycles. The molecule has 0 aliphatic carbocycles. The summed E-state index contributed by atoms with van der Waals surface area (Å²) >= 11 is 0. The van der Waals surface area contributed by atoms with Gasteiger partial charge in [0.1, 0.15) is 5.75 Å². The van der Waals surface area contributed by atoms with E-state index in [-0.39, 0.29) is 0 Å². The average molecular weight is 317 g/mol. The molecule has 0 saturated carbocycles. The van der Waals surface area contributed by atoms with Gasteiger partial charge in [-0.05, 0) is 46.2 Å². The first kappa shape index (κ1) is 14.6. The maximum atomic E-state index is 6.28. The lowest BCUT2D eigenvalue weighted by Gasteiger charge is -2.30. The zero-order chi connectivity index (χ0) is 16.5. The predicted molar refractivity (Wildman–Crippen MR) is 97.5 cm³/mol. The van der Waals surface area contributed by atoms with Gasteiger partial charge in [0.15, 0.2) is 5.96 Å². The molecule has 0 spiro atoms. The van der Waals surface area contributed by atoms with Gasteiger partial charge in [0, 0.05) is 13.1 Å². The molecule has 1 aliphatic heterocycles. The molecule has 0 unspecified atom stereocenters. The third-order valence-electron chi connectivity index (χ3n) is 4.44. The van der Waals surface area contributed by atoms with Crippen LogP contribution in [0.25, 0.3) is 10.8 Å². The molecule has 0 bridgehead atoms. The summed E-state index contributed by atoms with van der Waals surface area (Å²) in [6, 6.07) is 20.4. The van der Waals surface area contributed by atoms with Crippen LogP contribution >= 0.6 is 0 Å². The summed E-state index contributed by atoms with van der Waals surface area (Å²) in [5, 5.41) is 2.64. The van der Waals surface area contributed by atoms with Gasteiger partial charge in [-0.2, -0.15) is 0 Å². The van der Waals surface area contributed by atoms with Crippen molar-refractivity contribution in [3.8, 4) is 5.75 Å². The van der Waals surface area contributed by atoms with Gasteiger partial charge in [-0.15, -0.1) is 0 Å². The summed E-state index contributed by atoms with van der Waals surface area (Å²) in [5.41, 5.74) is 9.69. The Bertz CT molecular complexity index is 875.